The lowest BCUT2D eigenvalue weighted by Crippen LogP contribution is -2.35. The van der Waals surface area contributed by atoms with Gasteiger partial charge in [0.05, 0.1) is 18.4 Å². The van der Waals surface area contributed by atoms with Crippen molar-refractivity contribution in [2.75, 3.05) is 40.4 Å². The smallest absolute Gasteiger partial charge is 0.307 e. The molecule has 0 aromatic heterocycles. The molecule has 6 nitrogen and oxygen atoms in total. The van der Waals surface area contributed by atoms with Crippen molar-refractivity contribution in [3.63, 3.8) is 0 Å². The van der Waals surface area contributed by atoms with Gasteiger partial charge in [0.1, 0.15) is 0 Å². The van der Waals surface area contributed by atoms with Gasteiger partial charge in [0.25, 0.3) is 0 Å². The van der Waals surface area contributed by atoms with E-state index in [1.807, 2.05) is 11.9 Å². The van der Waals surface area contributed by atoms with Crippen molar-refractivity contribution < 1.29 is 19.4 Å². The lowest BCUT2D eigenvalue weighted by Gasteiger charge is -2.16. The number of carboxylic acid groups (broad SMARTS) is 1. The average Bonchev–Trinajstić information content (AvgIpc) is 3.06. The molecule has 98 valence electrons. The van der Waals surface area contributed by atoms with Crippen LogP contribution in [-0.2, 0) is 14.3 Å². The SMILES string of the molecule is COCCN(C)CCNC(=O)C1CC1C(=O)O. The summed E-state index contributed by atoms with van der Waals surface area (Å²) < 4.78 is 4.93. The standard InChI is InChI=1S/C11H20N2O4/c1-13(5-6-17-2)4-3-12-10(14)8-7-9(8)11(15)16/h8-9H,3-7H2,1-2H3,(H,12,14)(H,15,16). The number of nitrogens with one attached hydrogen (secondary N) is 1. The summed E-state index contributed by atoms with van der Waals surface area (Å²) in [7, 11) is 3.59. The minimum absolute atomic E-state index is 0.141. The Bertz CT molecular complexity index is 283. The fraction of sp³-hybridized carbons (Fsp3) is 0.818. The van der Waals surface area contributed by atoms with Crippen LogP contribution in [0.25, 0.3) is 0 Å². The molecule has 0 bridgehead atoms. The van der Waals surface area contributed by atoms with Crippen LogP contribution in [0.1, 0.15) is 6.42 Å². The molecule has 0 heterocycles. The van der Waals surface area contributed by atoms with Crippen LogP contribution in [0.15, 0.2) is 0 Å². The van der Waals surface area contributed by atoms with E-state index in [4.69, 9.17) is 9.84 Å². The van der Waals surface area contributed by atoms with E-state index in [-0.39, 0.29) is 11.8 Å². The first-order valence-corrected chi connectivity index (χ1v) is 5.74. The molecule has 6 heteroatoms. The molecule has 1 saturated carbocycles. The molecule has 0 saturated heterocycles. The first kappa shape index (κ1) is 13.9. The van der Waals surface area contributed by atoms with E-state index in [1.165, 1.54) is 0 Å². The Morgan fingerprint density at radius 3 is 2.65 bits per heavy atom. The van der Waals surface area contributed by atoms with Crippen LogP contribution in [0.5, 0.6) is 0 Å². The molecule has 1 aliphatic rings. The number of rotatable bonds is 8. The third-order valence-corrected chi connectivity index (χ3v) is 2.91. The number of hydrogen-bond donors (Lipinski definition) is 2. The highest BCUT2D eigenvalue weighted by Gasteiger charge is 2.48. The molecule has 0 radical (unpaired) electrons. The van der Waals surface area contributed by atoms with Gasteiger partial charge >= 0.3 is 5.97 Å². The Balaban J connectivity index is 2.07. The van der Waals surface area contributed by atoms with Gasteiger partial charge in [-0.15, -0.1) is 0 Å². The fourth-order valence-electron chi connectivity index (χ4n) is 1.62. The molecule has 1 rings (SSSR count). The van der Waals surface area contributed by atoms with E-state index in [9.17, 15) is 9.59 Å². The van der Waals surface area contributed by atoms with Crippen molar-refractivity contribution in [1.29, 1.82) is 0 Å². The van der Waals surface area contributed by atoms with Gasteiger partial charge < -0.3 is 20.1 Å². The Morgan fingerprint density at radius 2 is 2.12 bits per heavy atom. The van der Waals surface area contributed by atoms with Gasteiger partial charge in [-0.1, -0.05) is 0 Å². The number of aliphatic carboxylic acids is 1. The van der Waals surface area contributed by atoms with E-state index in [1.54, 1.807) is 7.11 Å². The molecule has 2 atom stereocenters. The summed E-state index contributed by atoms with van der Waals surface area (Å²) >= 11 is 0. The van der Waals surface area contributed by atoms with Crippen LogP contribution in [0.4, 0.5) is 0 Å². The lowest BCUT2D eigenvalue weighted by molar-refractivity contribution is -0.140. The molecule has 0 aromatic rings. The summed E-state index contributed by atoms with van der Waals surface area (Å²) in [5.74, 6) is -1.81. The van der Waals surface area contributed by atoms with E-state index >= 15 is 0 Å². The zero-order valence-corrected chi connectivity index (χ0v) is 10.3. The van der Waals surface area contributed by atoms with Crippen LogP contribution in [0, 0.1) is 11.8 Å². The van der Waals surface area contributed by atoms with Crippen LogP contribution in [-0.4, -0.2) is 62.3 Å². The molecule has 2 N–H and O–H groups in total. The first-order valence-electron chi connectivity index (χ1n) is 5.74. The summed E-state index contributed by atoms with van der Waals surface area (Å²) in [6.07, 6.45) is 0.473. The number of carbonyl (C=O) groups is 2. The molecule has 1 fully saturated rings. The Kier molecular flexibility index (Phi) is 5.37. The van der Waals surface area contributed by atoms with Crippen molar-refractivity contribution >= 4 is 11.9 Å². The second kappa shape index (κ2) is 6.56. The molecular weight excluding hydrogens is 224 g/mol. The Morgan fingerprint density at radius 1 is 1.41 bits per heavy atom. The summed E-state index contributed by atoms with van der Waals surface area (Å²) in [4.78, 5) is 24.1. The molecule has 1 aliphatic carbocycles. The van der Waals surface area contributed by atoms with Crippen LogP contribution >= 0.6 is 0 Å². The maximum atomic E-state index is 11.5. The summed E-state index contributed by atoms with van der Waals surface area (Å²) in [5, 5.41) is 11.4. The minimum atomic E-state index is -0.873. The van der Waals surface area contributed by atoms with Crippen LogP contribution in [0.2, 0.25) is 0 Å². The van der Waals surface area contributed by atoms with Gasteiger partial charge in [0.15, 0.2) is 0 Å². The van der Waals surface area contributed by atoms with Crippen LogP contribution < -0.4 is 5.32 Å². The van der Waals surface area contributed by atoms with E-state index in [2.05, 4.69) is 5.32 Å². The van der Waals surface area contributed by atoms with Crippen molar-refractivity contribution in [2.45, 2.75) is 6.42 Å². The second-order valence-electron chi connectivity index (χ2n) is 4.37. The number of methoxy groups -OCH3 is 1. The molecule has 0 aliphatic heterocycles. The minimum Gasteiger partial charge on any atom is -0.481 e. The largest absolute Gasteiger partial charge is 0.481 e. The summed E-state index contributed by atoms with van der Waals surface area (Å²) in [6.45, 7) is 2.75. The molecule has 0 aromatic carbocycles. The van der Waals surface area contributed by atoms with Gasteiger partial charge in [0, 0.05) is 26.7 Å². The van der Waals surface area contributed by atoms with E-state index in [0.29, 0.717) is 19.6 Å². The van der Waals surface area contributed by atoms with E-state index in [0.717, 1.165) is 13.1 Å². The summed E-state index contributed by atoms with van der Waals surface area (Å²) in [6, 6.07) is 0. The highest BCUT2D eigenvalue weighted by atomic mass is 16.5. The van der Waals surface area contributed by atoms with Gasteiger partial charge in [0.2, 0.25) is 5.91 Å². The monoisotopic (exact) mass is 244 g/mol. The zero-order chi connectivity index (χ0) is 12.8. The summed E-state index contributed by atoms with van der Waals surface area (Å²) in [5.41, 5.74) is 0. The van der Waals surface area contributed by atoms with E-state index < -0.39 is 11.9 Å². The number of carbonyl (C=O) groups excluding carboxylic acids is 1. The Hall–Kier alpha value is -1.14. The molecule has 17 heavy (non-hydrogen) atoms. The predicted molar refractivity (Wildman–Crippen MR) is 61.6 cm³/mol. The zero-order valence-electron chi connectivity index (χ0n) is 10.3. The number of hydrogen-bond acceptors (Lipinski definition) is 4. The van der Waals surface area contributed by atoms with Gasteiger partial charge in [-0.05, 0) is 13.5 Å². The van der Waals surface area contributed by atoms with Crippen molar-refractivity contribution in [1.82, 2.24) is 10.2 Å². The number of likely N-dealkylation sites (N-methyl/N-ethyl adjacent to an activating group) is 1. The first-order chi connectivity index (χ1) is 8.06. The normalized spacial score (nSPS) is 22.5. The third-order valence-electron chi connectivity index (χ3n) is 2.91. The molecule has 0 spiro atoms. The van der Waals surface area contributed by atoms with Gasteiger partial charge in [-0.25, -0.2) is 0 Å². The number of carboxylic acids is 1. The van der Waals surface area contributed by atoms with Crippen molar-refractivity contribution in [3.05, 3.63) is 0 Å². The quantitative estimate of drug-likeness (QED) is 0.596. The maximum absolute atomic E-state index is 11.5. The van der Waals surface area contributed by atoms with Crippen LogP contribution in [0.3, 0.4) is 0 Å². The Labute approximate surface area is 101 Å². The average molecular weight is 244 g/mol. The second-order valence-corrected chi connectivity index (χ2v) is 4.37. The number of ether oxygens (including phenoxy) is 1. The molecule has 1 amide bonds. The highest BCUT2D eigenvalue weighted by molar-refractivity contribution is 5.89. The molecule has 2 unspecified atom stereocenters. The van der Waals surface area contributed by atoms with Crippen molar-refractivity contribution in [3.8, 4) is 0 Å². The number of amides is 1. The van der Waals surface area contributed by atoms with Gasteiger partial charge in [-0.3, -0.25) is 9.59 Å². The topological polar surface area (TPSA) is 78.9 Å². The number of nitrogens with zero attached hydrogens (tertiary/aromatic N) is 1. The third kappa shape index (κ3) is 4.70. The lowest BCUT2D eigenvalue weighted by atomic mass is 10.3. The predicted octanol–water partition coefficient (Wildman–Crippen LogP) is -0.598. The van der Waals surface area contributed by atoms with Crippen molar-refractivity contribution in [2.24, 2.45) is 11.8 Å². The van der Waals surface area contributed by atoms with Gasteiger partial charge in [-0.2, -0.15) is 0 Å². The fourth-order valence-corrected chi connectivity index (χ4v) is 1.62. The maximum Gasteiger partial charge on any atom is 0.307 e. The molecular formula is C11H20N2O4. The highest BCUT2D eigenvalue weighted by Crippen LogP contribution is 2.38.